The molecule has 0 saturated carbocycles. The number of hydrogen-bond acceptors (Lipinski definition) is 11. The molecule has 6 aromatic heterocycles. The van der Waals surface area contributed by atoms with Crippen LogP contribution in [-0.2, 0) is 13.2 Å². The summed E-state index contributed by atoms with van der Waals surface area (Å²) in [6.07, 6.45) is 1.71. The molecule has 0 spiro atoms. The Kier molecular flexibility index (Phi) is 4.87. The summed E-state index contributed by atoms with van der Waals surface area (Å²) in [6.45, 7) is 4.31. The van der Waals surface area contributed by atoms with Crippen molar-refractivity contribution in [3.05, 3.63) is 59.4 Å². The van der Waals surface area contributed by atoms with Crippen LogP contribution < -0.4 is 9.47 Å². The average molecular weight is 473 g/mol. The topological polar surface area (TPSA) is 144 Å². The van der Waals surface area contributed by atoms with E-state index in [4.69, 9.17) is 18.5 Å². The number of rotatable bonds is 7. The molecule has 0 aliphatic heterocycles. The van der Waals surface area contributed by atoms with Crippen molar-refractivity contribution in [2.75, 3.05) is 7.11 Å². The summed E-state index contributed by atoms with van der Waals surface area (Å²) in [6, 6.07) is 9.15. The second-order valence-electron chi connectivity index (χ2n) is 7.86. The molecule has 6 aromatic rings. The smallest absolute Gasteiger partial charge is 0.275 e. The number of aryl methyl sites for hydroxylation is 2. The molecular weight excluding hydrogens is 454 g/mol. The maximum atomic E-state index is 5.97. The molecule has 13 nitrogen and oxygen atoms in total. The van der Waals surface area contributed by atoms with Crippen LogP contribution in [0.5, 0.6) is 11.6 Å². The monoisotopic (exact) mass is 473 g/mol. The van der Waals surface area contributed by atoms with Crippen LogP contribution in [-0.4, -0.2) is 52.0 Å². The van der Waals surface area contributed by atoms with E-state index in [2.05, 4.69) is 35.7 Å². The van der Waals surface area contributed by atoms with E-state index in [0.29, 0.717) is 40.9 Å². The Labute approximate surface area is 197 Å². The van der Waals surface area contributed by atoms with E-state index in [9.17, 15) is 0 Å². The van der Waals surface area contributed by atoms with E-state index in [0.717, 1.165) is 22.5 Å². The van der Waals surface area contributed by atoms with Crippen LogP contribution >= 0.6 is 0 Å². The third-order valence-electron chi connectivity index (χ3n) is 5.31. The summed E-state index contributed by atoms with van der Waals surface area (Å²) < 4.78 is 25.1. The molecule has 6 rings (SSSR count). The van der Waals surface area contributed by atoms with Gasteiger partial charge in [0.2, 0.25) is 5.82 Å². The summed E-state index contributed by atoms with van der Waals surface area (Å²) >= 11 is 0. The first-order valence-electron chi connectivity index (χ1n) is 10.7. The Hall–Kier alpha value is -4.81. The highest BCUT2D eigenvalue weighted by molar-refractivity contribution is 5.74. The van der Waals surface area contributed by atoms with Crippen molar-refractivity contribution in [1.82, 2.24) is 44.9 Å². The highest BCUT2D eigenvalue weighted by atomic mass is 16.5. The van der Waals surface area contributed by atoms with Crippen LogP contribution in [0.3, 0.4) is 0 Å². The summed E-state index contributed by atoms with van der Waals surface area (Å²) in [5, 5.41) is 25.3. The Bertz CT molecular complexity index is 1660. The van der Waals surface area contributed by atoms with Gasteiger partial charge < -0.3 is 18.5 Å². The minimum atomic E-state index is 0.166. The average Bonchev–Trinajstić information content (AvgIpc) is 3.65. The number of pyridine rings is 1. The lowest BCUT2D eigenvalue weighted by molar-refractivity contribution is 0.264. The zero-order valence-electron chi connectivity index (χ0n) is 19.0. The van der Waals surface area contributed by atoms with Gasteiger partial charge in [0.25, 0.3) is 5.88 Å². The fourth-order valence-electron chi connectivity index (χ4n) is 3.68. The molecule has 13 heteroatoms. The SMILES string of the molecule is COc1cc2nnc(-c3cc(C)on3)n2nc1OCc1ccc2c(cnn2Cc2cc(C)on2)n1. The second-order valence-corrected chi connectivity index (χ2v) is 7.86. The van der Waals surface area contributed by atoms with Crippen molar-refractivity contribution >= 4 is 16.7 Å². The molecule has 0 aliphatic carbocycles. The Balaban J connectivity index is 1.26. The van der Waals surface area contributed by atoms with Gasteiger partial charge in [0.15, 0.2) is 17.1 Å². The molecule has 0 N–H and O–H groups in total. The van der Waals surface area contributed by atoms with E-state index < -0.39 is 0 Å². The van der Waals surface area contributed by atoms with E-state index in [1.165, 1.54) is 11.6 Å². The molecule has 0 bridgehead atoms. The molecule has 0 atom stereocenters. The van der Waals surface area contributed by atoms with Crippen LogP contribution in [0.4, 0.5) is 0 Å². The first kappa shape index (κ1) is 20.8. The number of aromatic nitrogens is 9. The zero-order valence-corrected chi connectivity index (χ0v) is 19.0. The molecule has 35 heavy (non-hydrogen) atoms. The molecule has 176 valence electrons. The van der Waals surface area contributed by atoms with Gasteiger partial charge in [-0.05, 0) is 26.0 Å². The summed E-state index contributed by atoms with van der Waals surface area (Å²) in [4.78, 5) is 4.66. The number of nitrogens with zero attached hydrogens (tertiary/aromatic N) is 9. The molecule has 0 radical (unpaired) electrons. The van der Waals surface area contributed by atoms with Crippen molar-refractivity contribution in [1.29, 1.82) is 0 Å². The third-order valence-corrected chi connectivity index (χ3v) is 5.31. The van der Waals surface area contributed by atoms with E-state index in [1.54, 1.807) is 25.3 Å². The van der Waals surface area contributed by atoms with Crippen LogP contribution in [0.1, 0.15) is 22.9 Å². The molecule has 0 aromatic carbocycles. The van der Waals surface area contributed by atoms with Crippen LogP contribution in [0.15, 0.2) is 45.6 Å². The van der Waals surface area contributed by atoms with Gasteiger partial charge in [0.05, 0.1) is 31.1 Å². The lowest BCUT2D eigenvalue weighted by atomic mass is 10.3. The fourth-order valence-corrected chi connectivity index (χ4v) is 3.68. The summed E-state index contributed by atoms with van der Waals surface area (Å²) in [5.41, 5.74) is 4.12. The fraction of sp³-hybridized carbons (Fsp3) is 0.227. The molecular formula is C22H19N9O4. The maximum Gasteiger partial charge on any atom is 0.275 e. The van der Waals surface area contributed by atoms with Crippen LogP contribution in [0.2, 0.25) is 0 Å². The lowest BCUT2D eigenvalue weighted by Gasteiger charge is -2.10. The van der Waals surface area contributed by atoms with Crippen molar-refractivity contribution < 1.29 is 18.5 Å². The Morgan fingerprint density at radius 3 is 2.60 bits per heavy atom. The van der Waals surface area contributed by atoms with Gasteiger partial charge in [-0.2, -0.15) is 9.61 Å². The Morgan fingerprint density at radius 1 is 0.971 bits per heavy atom. The molecule has 0 aliphatic rings. The molecule has 6 heterocycles. The minimum Gasteiger partial charge on any atom is -0.491 e. The van der Waals surface area contributed by atoms with Gasteiger partial charge in [-0.15, -0.1) is 15.3 Å². The first-order chi connectivity index (χ1) is 17.1. The predicted molar refractivity (Wildman–Crippen MR) is 120 cm³/mol. The largest absolute Gasteiger partial charge is 0.491 e. The Morgan fingerprint density at radius 2 is 1.83 bits per heavy atom. The second kappa shape index (κ2) is 8.20. The van der Waals surface area contributed by atoms with E-state index >= 15 is 0 Å². The normalized spacial score (nSPS) is 11.5. The zero-order chi connectivity index (χ0) is 23.9. The molecule has 0 fully saturated rings. The highest BCUT2D eigenvalue weighted by Crippen LogP contribution is 2.28. The van der Waals surface area contributed by atoms with Gasteiger partial charge in [-0.3, -0.25) is 4.68 Å². The summed E-state index contributed by atoms with van der Waals surface area (Å²) in [5.74, 6) is 2.53. The lowest BCUT2D eigenvalue weighted by Crippen LogP contribution is -2.05. The van der Waals surface area contributed by atoms with Crippen molar-refractivity contribution in [3.63, 3.8) is 0 Å². The van der Waals surface area contributed by atoms with Crippen molar-refractivity contribution in [3.8, 4) is 23.1 Å². The number of hydrogen-bond donors (Lipinski definition) is 0. The van der Waals surface area contributed by atoms with Crippen LogP contribution in [0, 0.1) is 13.8 Å². The molecule has 0 unspecified atom stereocenters. The van der Waals surface area contributed by atoms with Gasteiger partial charge >= 0.3 is 0 Å². The quantitative estimate of drug-likeness (QED) is 0.337. The number of fused-ring (bicyclic) bond motifs is 2. The van der Waals surface area contributed by atoms with Gasteiger partial charge in [0.1, 0.15) is 29.3 Å². The van der Waals surface area contributed by atoms with Crippen molar-refractivity contribution in [2.24, 2.45) is 0 Å². The van der Waals surface area contributed by atoms with Crippen LogP contribution in [0.25, 0.3) is 28.2 Å². The van der Waals surface area contributed by atoms with Gasteiger partial charge in [-0.1, -0.05) is 10.3 Å². The maximum absolute atomic E-state index is 5.97. The first-order valence-corrected chi connectivity index (χ1v) is 10.7. The minimum absolute atomic E-state index is 0.166. The number of ether oxygens (including phenoxy) is 2. The summed E-state index contributed by atoms with van der Waals surface area (Å²) in [7, 11) is 1.54. The van der Waals surface area contributed by atoms with Gasteiger partial charge in [0, 0.05) is 18.2 Å². The van der Waals surface area contributed by atoms with Gasteiger partial charge in [-0.25, -0.2) is 4.98 Å². The van der Waals surface area contributed by atoms with E-state index in [1.807, 2.05) is 29.8 Å². The molecule has 0 amide bonds. The van der Waals surface area contributed by atoms with E-state index in [-0.39, 0.29) is 12.5 Å². The standard InChI is InChI=1S/C22H19N9O4/c1-12-6-15(28-34-12)10-30-18-5-4-14(24-17(18)9-23-30)11-33-22-19(32-3)8-20-25-26-21(31(20)27-22)16-7-13(2)35-29-16/h4-9H,10-11H2,1-3H3. The molecule has 0 saturated heterocycles. The van der Waals surface area contributed by atoms with Crippen molar-refractivity contribution in [2.45, 2.75) is 27.0 Å². The predicted octanol–water partition coefficient (Wildman–Crippen LogP) is 2.76. The third kappa shape index (κ3) is 3.82. The highest BCUT2D eigenvalue weighted by Gasteiger charge is 2.18. The number of methoxy groups -OCH3 is 1.